The number of pyridine rings is 1. The van der Waals surface area contributed by atoms with E-state index in [2.05, 4.69) is 80.8 Å². The van der Waals surface area contributed by atoms with Gasteiger partial charge in [-0.3, -0.25) is 0 Å². The van der Waals surface area contributed by atoms with Crippen LogP contribution in [-0.2, 0) is 7.05 Å². The molecule has 4 heteroatoms. The number of benzene rings is 2. The van der Waals surface area contributed by atoms with Gasteiger partial charge in [-0.25, -0.2) is 4.57 Å². The molecule has 3 heterocycles. The van der Waals surface area contributed by atoms with Crippen molar-refractivity contribution >= 4 is 44.8 Å². The smallest absolute Gasteiger partial charge is 0.228 e. The molecule has 0 saturated carbocycles. The van der Waals surface area contributed by atoms with Gasteiger partial charge in [-0.05, 0) is 29.3 Å². The van der Waals surface area contributed by atoms with Crippen molar-refractivity contribution in [3.05, 3.63) is 48.2 Å². The first-order chi connectivity index (χ1) is 12.4. The first kappa shape index (κ1) is 16.0. The third kappa shape index (κ3) is 2.06. The van der Waals surface area contributed by atoms with E-state index < -0.39 is 8.07 Å². The number of fused-ring (bicyclic) bond motifs is 3. The van der Waals surface area contributed by atoms with Crippen molar-refractivity contribution in [3.63, 3.8) is 0 Å². The first-order valence-corrected chi connectivity index (χ1v) is 13.3. The van der Waals surface area contributed by atoms with Crippen LogP contribution in [0.1, 0.15) is 5.56 Å². The molecule has 2 aromatic heterocycles. The second-order valence-electron chi connectivity index (χ2n) is 8.22. The summed E-state index contributed by atoms with van der Waals surface area (Å²) in [7, 11) is 0.654. The van der Waals surface area contributed by atoms with Crippen LogP contribution in [0.4, 0.5) is 0 Å². The Morgan fingerprint density at radius 3 is 2.62 bits per heavy atom. The molecule has 2 nitrogen and oxygen atoms in total. The average Bonchev–Trinajstić information content (AvgIpc) is 2.97. The van der Waals surface area contributed by atoms with E-state index in [1.807, 2.05) is 11.3 Å². The van der Waals surface area contributed by atoms with Gasteiger partial charge in [0.2, 0.25) is 5.69 Å². The zero-order valence-electron chi connectivity index (χ0n) is 15.8. The average molecular weight is 377 g/mol. The molecule has 0 N–H and O–H groups in total. The lowest BCUT2D eigenvalue weighted by Crippen LogP contribution is -2.36. The Balaban J connectivity index is 1.97. The van der Waals surface area contributed by atoms with Crippen molar-refractivity contribution in [1.82, 2.24) is 0 Å². The Labute approximate surface area is 158 Å². The number of hydrogen-bond acceptors (Lipinski definition) is 2. The van der Waals surface area contributed by atoms with E-state index in [4.69, 9.17) is 4.74 Å². The minimum Gasteiger partial charge on any atom is -0.455 e. The summed E-state index contributed by atoms with van der Waals surface area (Å²) in [5.41, 5.74) is 3.83. The fourth-order valence-electron chi connectivity index (χ4n) is 4.08. The number of ether oxygens (including phenoxy) is 1. The molecule has 0 saturated heterocycles. The number of rotatable bonds is 1. The van der Waals surface area contributed by atoms with Gasteiger partial charge in [0.25, 0.3) is 0 Å². The van der Waals surface area contributed by atoms with E-state index in [0.717, 1.165) is 11.5 Å². The second-order valence-corrected chi connectivity index (χ2v) is 14.6. The molecule has 2 aromatic carbocycles. The highest BCUT2D eigenvalue weighted by molar-refractivity contribution is 7.32. The minimum absolute atomic E-state index is 0.995. The number of hydrogen-bond donors (Lipinski definition) is 0. The third-order valence-corrected chi connectivity index (χ3v) is 10.0. The van der Waals surface area contributed by atoms with Crippen molar-refractivity contribution in [2.24, 2.45) is 7.05 Å². The Morgan fingerprint density at radius 1 is 1.08 bits per heavy atom. The van der Waals surface area contributed by atoms with Gasteiger partial charge in [0.1, 0.15) is 18.2 Å². The van der Waals surface area contributed by atoms with Crippen LogP contribution < -0.4 is 13.8 Å². The molecule has 0 radical (unpaired) electrons. The van der Waals surface area contributed by atoms with Crippen LogP contribution in [0, 0.1) is 6.92 Å². The van der Waals surface area contributed by atoms with E-state index in [-0.39, 0.29) is 0 Å². The largest absolute Gasteiger partial charge is 0.455 e. The van der Waals surface area contributed by atoms with Gasteiger partial charge >= 0.3 is 0 Å². The molecule has 0 aliphatic carbocycles. The highest BCUT2D eigenvalue weighted by Crippen LogP contribution is 2.49. The van der Waals surface area contributed by atoms with Crippen LogP contribution in [-0.4, -0.2) is 8.07 Å². The summed E-state index contributed by atoms with van der Waals surface area (Å²) in [5, 5.41) is 3.84. The molecule has 0 amide bonds. The van der Waals surface area contributed by atoms with Crippen molar-refractivity contribution in [2.75, 3.05) is 0 Å². The van der Waals surface area contributed by atoms with Gasteiger partial charge in [-0.15, -0.1) is 11.3 Å². The summed E-state index contributed by atoms with van der Waals surface area (Å²) in [6, 6.07) is 13.1. The molecule has 5 rings (SSSR count). The quantitative estimate of drug-likeness (QED) is 0.278. The summed E-state index contributed by atoms with van der Waals surface area (Å²) in [6.45, 7) is 9.43. The highest BCUT2D eigenvalue weighted by Gasteiger charge is 2.36. The van der Waals surface area contributed by atoms with Gasteiger partial charge in [-0.2, -0.15) is 0 Å². The van der Waals surface area contributed by atoms with Crippen molar-refractivity contribution in [2.45, 2.75) is 26.6 Å². The van der Waals surface area contributed by atoms with E-state index in [0.29, 0.717) is 0 Å². The van der Waals surface area contributed by atoms with Crippen LogP contribution in [0.2, 0.25) is 19.6 Å². The summed E-state index contributed by atoms with van der Waals surface area (Å²) in [6.07, 6.45) is 2.19. The van der Waals surface area contributed by atoms with Gasteiger partial charge in [0, 0.05) is 10.6 Å². The maximum absolute atomic E-state index is 6.62. The zero-order valence-corrected chi connectivity index (χ0v) is 17.6. The number of nitrogens with zero attached hydrogens (tertiary/aromatic N) is 1. The number of aromatic nitrogens is 1. The van der Waals surface area contributed by atoms with Crippen molar-refractivity contribution in [3.8, 4) is 22.8 Å². The standard InChI is InChI=1S/C22H22NOSSi/c1-13-15-9-7-6-8-14(15)12-16-18(13)20-19-17(10-11-23(20)2)25-22(21(19)24-16)26(3,4)5/h6-12H,1-5H3/q+1. The normalized spacial score (nSPS) is 13.1. The molecule has 0 atom stereocenters. The van der Waals surface area contributed by atoms with Crippen LogP contribution in [0.25, 0.3) is 32.1 Å². The highest BCUT2D eigenvalue weighted by atomic mass is 32.1. The van der Waals surface area contributed by atoms with Gasteiger partial charge < -0.3 is 4.74 Å². The van der Waals surface area contributed by atoms with Gasteiger partial charge in [0.05, 0.1) is 18.3 Å². The van der Waals surface area contributed by atoms with Crippen LogP contribution in [0.3, 0.4) is 0 Å². The molecule has 26 heavy (non-hydrogen) atoms. The summed E-state index contributed by atoms with van der Waals surface area (Å²) in [4.78, 5) is 0. The Morgan fingerprint density at radius 2 is 1.85 bits per heavy atom. The minimum atomic E-state index is -1.49. The zero-order chi connectivity index (χ0) is 18.2. The monoisotopic (exact) mass is 376 g/mol. The number of aryl methyl sites for hydroxylation is 2. The molecule has 1 aliphatic heterocycles. The molecule has 4 aromatic rings. The molecule has 0 unspecified atom stereocenters. The molecule has 0 fully saturated rings. The molecule has 130 valence electrons. The maximum atomic E-state index is 6.62. The molecule has 1 aliphatic rings. The fourth-order valence-corrected chi connectivity index (χ4v) is 7.37. The van der Waals surface area contributed by atoms with E-state index in [1.165, 1.54) is 42.2 Å². The Kier molecular flexibility index (Phi) is 3.19. The predicted molar refractivity (Wildman–Crippen MR) is 114 cm³/mol. The van der Waals surface area contributed by atoms with Crippen LogP contribution >= 0.6 is 11.3 Å². The van der Waals surface area contributed by atoms with Gasteiger partial charge in [0.15, 0.2) is 11.9 Å². The summed E-state index contributed by atoms with van der Waals surface area (Å²) in [5.74, 6) is 2.10. The Hall–Kier alpha value is -2.17. The molecular formula is C22H22NOSSi+. The van der Waals surface area contributed by atoms with E-state index in [9.17, 15) is 0 Å². The first-order valence-electron chi connectivity index (χ1n) is 9.02. The fraction of sp³-hybridized carbons (Fsp3) is 0.227. The lowest BCUT2D eigenvalue weighted by Gasteiger charge is -2.22. The maximum Gasteiger partial charge on any atom is 0.228 e. The Bertz CT molecular complexity index is 1220. The topological polar surface area (TPSA) is 13.1 Å². The third-order valence-electron chi connectivity index (χ3n) is 5.33. The SMILES string of the molecule is Cc1c2c(cc3ccccc13)Oc1c([Si](C)(C)C)sc3cc[n+](C)c-2c13. The molecule has 0 spiro atoms. The van der Waals surface area contributed by atoms with Crippen LogP contribution in [0.5, 0.6) is 11.5 Å². The van der Waals surface area contributed by atoms with Gasteiger partial charge in [-0.1, -0.05) is 43.9 Å². The van der Waals surface area contributed by atoms with Crippen molar-refractivity contribution < 1.29 is 9.30 Å². The van der Waals surface area contributed by atoms with E-state index >= 15 is 0 Å². The molecule has 0 bridgehead atoms. The molecular weight excluding hydrogens is 354 g/mol. The lowest BCUT2D eigenvalue weighted by molar-refractivity contribution is -0.659. The van der Waals surface area contributed by atoms with Crippen molar-refractivity contribution in [1.29, 1.82) is 0 Å². The lowest BCUT2D eigenvalue weighted by atomic mass is 9.94. The summed E-state index contributed by atoms with van der Waals surface area (Å²) < 4.78 is 11.7. The predicted octanol–water partition coefficient (Wildman–Crippen LogP) is 5.51. The van der Waals surface area contributed by atoms with E-state index in [1.54, 1.807) is 0 Å². The second kappa shape index (κ2) is 5.18. The van der Waals surface area contributed by atoms with Crippen LogP contribution in [0.15, 0.2) is 42.6 Å². The summed E-state index contributed by atoms with van der Waals surface area (Å²) >= 11 is 1.92. The number of thiophene rings is 1.